The number of phenols is 2. The molecule has 0 fully saturated rings. The van der Waals surface area contributed by atoms with E-state index in [2.05, 4.69) is 5.10 Å². The van der Waals surface area contributed by atoms with E-state index in [9.17, 15) is 19.8 Å². The number of nitrogens with zero attached hydrogens (tertiary/aromatic N) is 2. The van der Waals surface area contributed by atoms with Crippen LogP contribution in [0.5, 0.6) is 11.5 Å². The number of carbonyl (C=O) groups is 2. The van der Waals surface area contributed by atoms with Crippen LogP contribution in [0.1, 0.15) is 26.3 Å². The number of amides is 2. The first-order chi connectivity index (χ1) is 12.1. The summed E-state index contributed by atoms with van der Waals surface area (Å²) in [5, 5.41) is 25.1. The van der Waals surface area contributed by atoms with Gasteiger partial charge in [-0.25, -0.2) is 0 Å². The molecule has 25 heavy (non-hydrogen) atoms. The zero-order valence-corrected chi connectivity index (χ0v) is 12.9. The van der Waals surface area contributed by atoms with E-state index in [0.717, 1.165) is 10.4 Å². The van der Waals surface area contributed by atoms with Crippen LogP contribution in [-0.4, -0.2) is 33.3 Å². The van der Waals surface area contributed by atoms with Crippen molar-refractivity contribution in [2.24, 2.45) is 5.10 Å². The number of rotatable bonds is 2. The van der Waals surface area contributed by atoms with E-state index in [0.29, 0.717) is 22.1 Å². The Hall–Kier alpha value is -3.67. The maximum absolute atomic E-state index is 12.7. The Morgan fingerprint density at radius 1 is 0.840 bits per heavy atom. The topological polar surface area (TPSA) is 90.2 Å². The Morgan fingerprint density at radius 3 is 2.08 bits per heavy atom. The first kappa shape index (κ1) is 14.9. The van der Waals surface area contributed by atoms with Gasteiger partial charge in [0.15, 0.2) is 11.5 Å². The maximum Gasteiger partial charge on any atom is 0.282 e. The lowest BCUT2D eigenvalue weighted by Crippen LogP contribution is -2.36. The molecule has 2 amide bonds. The molecule has 0 saturated heterocycles. The van der Waals surface area contributed by atoms with Crippen molar-refractivity contribution in [3.05, 3.63) is 71.3 Å². The normalized spacial score (nSPS) is 13.8. The SMILES string of the molecule is O=C1c2cccc3cccc(c23)C(=O)N1/N=C/c1ccc(O)c(O)c1. The van der Waals surface area contributed by atoms with Crippen LogP contribution in [0.15, 0.2) is 59.7 Å². The Labute approximate surface area is 142 Å². The van der Waals surface area contributed by atoms with Crippen LogP contribution in [0, 0.1) is 0 Å². The second-order valence-corrected chi connectivity index (χ2v) is 5.62. The van der Waals surface area contributed by atoms with E-state index in [1.807, 2.05) is 12.1 Å². The number of imide groups is 1. The minimum Gasteiger partial charge on any atom is -0.504 e. The third-order valence-corrected chi connectivity index (χ3v) is 4.07. The Morgan fingerprint density at radius 2 is 1.48 bits per heavy atom. The summed E-state index contributed by atoms with van der Waals surface area (Å²) in [5.74, 6) is -1.58. The van der Waals surface area contributed by atoms with Crippen LogP contribution in [0.25, 0.3) is 10.8 Å². The summed E-state index contributed by atoms with van der Waals surface area (Å²) in [6, 6.07) is 14.6. The molecule has 0 bridgehead atoms. The molecular weight excluding hydrogens is 320 g/mol. The van der Waals surface area contributed by atoms with Crippen molar-refractivity contribution in [1.29, 1.82) is 0 Å². The fourth-order valence-electron chi connectivity index (χ4n) is 2.87. The molecular formula is C19H12N2O4. The van der Waals surface area contributed by atoms with Gasteiger partial charge in [-0.3, -0.25) is 9.59 Å². The number of aromatic hydroxyl groups is 2. The summed E-state index contributed by atoms with van der Waals surface area (Å²) < 4.78 is 0. The molecule has 0 spiro atoms. The fourth-order valence-corrected chi connectivity index (χ4v) is 2.87. The second-order valence-electron chi connectivity index (χ2n) is 5.62. The maximum atomic E-state index is 12.7. The van der Waals surface area contributed by atoms with Gasteiger partial charge in [0.05, 0.1) is 17.3 Å². The highest BCUT2D eigenvalue weighted by Gasteiger charge is 2.32. The van der Waals surface area contributed by atoms with Crippen LogP contribution in [-0.2, 0) is 0 Å². The minimum absolute atomic E-state index is 0.261. The molecule has 0 aromatic heterocycles. The average molecular weight is 332 g/mol. The summed E-state index contributed by atoms with van der Waals surface area (Å²) in [6.07, 6.45) is 1.28. The number of hydrogen-bond donors (Lipinski definition) is 2. The van der Waals surface area contributed by atoms with Gasteiger partial charge in [-0.2, -0.15) is 10.1 Å². The highest BCUT2D eigenvalue weighted by atomic mass is 16.3. The van der Waals surface area contributed by atoms with Gasteiger partial charge in [0.25, 0.3) is 11.8 Å². The van der Waals surface area contributed by atoms with E-state index < -0.39 is 11.8 Å². The number of carbonyl (C=O) groups excluding carboxylic acids is 2. The highest BCUT2D eigenvalue weighted by molar-refractivity contribution is 6.25. The summed E-state index contributed by atoms with van der Waals surface area (Å²) in [6.45, 7) is 0. The quantitative estimate of drug-likeness (QED) is 0.429. The summed E-state index contributed by atoms with van der Waals surface area (Å²) in [4.78, 5) is 25.3. The molecule has 0 unspecified atom stereocenters. The van der Waals surface area contributed by atoms with Crippen molar-refractivity contribution in [3.8, 4) is 11.5 Å². The number of hydrogen-bond acceptors (Lipinski definition) is 5. The summed E-state index contributed by atoms with van der Waals surface area (Å²) in [7, 11) is 0. The predicted molar refractivity (Wildman–Crippen MR) is 91.8 cm³/mol. The molecule has 0 atom stereocenters. The van der Waals surface area contributed by atoms with E-state index in [1.54, 1.807) is 24.3 Å². The minimum atomic E-state index is -0.506. The lowest BCUT2D eigenvalue weighted by molar-refractivity contribution is 0.0616. The van der Waals surface area contributed by atoms with E-state index in [-0.39, 0.29) is 11.5 Å². The molecule has 2 N–H and O–H groups in total. The Balaban J connectivity index is 1.77. The third-order valence-electron chi connectivity index (χ3n) is 4.07. The van der Waals surface area contributed by atoms with Gasteiger partial charge in [0.2, 0.25) is 0 Å². The predicted octanol–water partition coefficient (Wildman–Crippen LogP) is 2.88. The van der Waals surface area contributed by atoms with E-state index in [1.165, 1.54) is 24.4 Å². The number of benzene rings is 3. The zero-order valence-electron chi connectivity index (χ0n) is 12.9. The largest absolute Gasteiger partial charge is 0.504 e. The molecule has 0 aliphatic carbocycles. The zero-order chi connectivity index (χ0) is 17.6. The first-order valence-corrected chi connectivity index (χ1v) is 7.53. The van der Waals surface area contributed by atoms with Crippen molar-refractivity contribution >= 4 is 28.8 Å². The number of phenolic OH excluding ortho intramolecular Hbond substituents is 2. The molecule has 0 saturated carbocycles. The number of hydrazone groups is 1. The van der Waals surface area contributed by atoms with Crippen molar-refractivity contribution in [3.63, 3.8) is 0 Å². The standard InChI is InChI=1S/C19H12N2O4/c22-15-8-7-11(9-16(15)23)10-20-21-18(24)13-5-1-3-12-4-2-6-14(17(12)13)19(21)25/h1-10,22-23H/b20-10+. The Bertz CT molecular complexity index is 1020. The lowest BCUT2D eigenvalue weighted by Gasteiger charge is -2.22. The van der Waals surface area contributed by atoms with E-state index in [4.69, 9.17) is 0 Å². The lowest BCUT2D eigenvalue weighted by atomic mass is 9.95. The van der Waals surface area contributed by atoms with Crippen molar-refractivity contribution in [2.45, 2.75) is 0 Å². The molecule has 4 rings (SSSR count). The molecule has 3 aromatic rings. The van der Waals surface area contributed by atoms with Gasteiger partial charge in [0.1, 0.15) is 0 Å². The van der Waals surface area contributed by atoms with E-state index >= 15 is 0 Å². The third kappa shape index (κ3) is 2.31. The first-order valence-electron chi connectivity index (χ1n) is 7.53. The highest BCUT2D eigenvalue weighted by Crippen LogP contribution is 2.30. The Kier molecular flexibility index (Phi) is 3.25. The molecule has 3 aromatic carbocycles. The summed E-state index contributed by atoms with van der Waals surface area (Å²) >= 11 is 0. The van der Waals surface area contributed by atoms with Gasteiger partial charge in [0, 0.05) is 5.39 Å². The van der Waals surface area contributed by atoms with Gasteiger partial charge in [-0.15, -0.1) is 0 Å². The summed E-state index contributed by atoms with van der Waals surface area (Å²) in [5.41, 5.74) is 1.27. The van der Waals surface area contributed by atoms with Crippen LogP contribution in [0.3, 0.4) is 0 Å². The van der Waals surface area contributed by atoms with Gasteiger partial charge < -0.3 is 10.2 Å². The average Bonchev–Trinajstić information content (AvgIpc) is 2.62. The van der Waals surface area contributed by atoms with Gasteiger partial charge in [-0.1, -0.05) is 24.3 Å². The molecule has 1 aliphatic rings. The molecule has 1 aliphatic heterocycles. The molecule has 6 nitrogen and oxygen atoms in total. The van der Waals surface area contributed by atoms with Crippen LogP contribution < -0.4 is 0 Å². The van der Waals surface area contributed by atoms with Crippen molar-refractivity contribution in [1.82, 2.24) is 5.01 Å². The monoisotopic (exact) mass is 332 g/mol. The van der Waals surface area contributed by atoms with Gasteiger partial charge in [-0.05, 0) is 41.3 Å². The molecule has 6 heteroatoms. The second kappa shape index (κ2) is 5.45. The van der Waals surface area contributed by atoms with Gasteiger partial charge >= 0.3 is 0 Å². The van der Waals surface area contributed by atoms with Crippen LogP contribution in [0.2, 0.25) is 0 Å². The fraction of sp³-hybridized carbons (Fsp3) is 0. The van der Waals surface area contributed by atoms with Crippen LogP contribution >= 0.6 is 0 Å². The van der Waals surface area contributed by atoms with Crippen molar-refractivity contribution in [2.75, 3.05) is 0 Å². The van der Waals surface area contributed by atoms with Crippen LogP contribution in [0.4, 0.5) is 0 Å². The molecule has 122 valence electrons. The molecule has 0 radical (unpaired) electrons. The smallest absolute Gasteiger partial charge is 0.282 e. The molecule has 1 heterocycles. The van der Waals surface area contributed by atoms with Crippen molar-refractivity contribution < 1.29 is 19.8 Å².